The fourth-order valence-electron chi connectivity index (χ4n) is 2.42. The van der Waals surface area contributed by atoms with Gasteiger partial charge >= 0.3 is 0 Å². The lowest BCUT2D eigenvalue weighted by Gasteiger charge is -2.43. The van der Waals surface area contributed by atoms with Crippen molar-refractivity contribution in [2.45, 2.75) is 32.7 Å². The van der Waals surface area contributed by atoms with E-state index in [4.69, 9.17) is 0 Å². The molecule has 1 fully saturated rings. The summed E-state index contributed by atoms with van der Waals surface area (Å²) in [6.45, 7) is 8.86. The fourth-order valence-corrected chi connectivity index (χ4v) is 2.42. The Kier molecular flexibility index (Phi) is 3.71. The van der Waals surface area contributed by atoms with E-state index in [2.05, 4.69) is 38.2 Å². The van der Waals surface area contributed by atoms with E-state index in [-0.39, 0.29) is 11.4 Å². The summed E-state index contributed by atoms with van der Waals surface area (Å²) < 4.78 is 0. The second-order valence-corrected chi connectivity index (χ2v) is 5.70. The van der Waals surface area contributed by atoms with Gasteiger partial charge in [-0.2, -0.15) is 0 Å². The highest BCUT2D eigenvalue weighted by atomic mass is 16.2. The van der Waals surface area contributed by atoms with Crippen molar-refractivity contribution in [3.63, 3.8) is 0 Å². The molecule has 1 N–H and O–H groups in total. The van der Waals surface area contributed by atoms with Gasteiger partial charge in [0.2, 0.25) is 5.91 Å². The van der Waals surface area contributed by atoms with Crippen molar-refractivity contribution in [2.24, 2.45) is 0 Å². The molecule has 0 aromatic heterocycles. The molecule has 0 spiro atoms. The predicted molar refractivity (Wildman–Crippen MR) is 73.5 cm³/mol. The Hall–Kier alpha value is -1.35. The summed E-state index contributed by atoms with van der Waals surface area (Å²) in [5.74, 6) is 0.227. The molecule has 98 valence electrons. The largest absolute Gasteiger partial charge is 0.335 e. The summed E-state index contributed by atoms with van der Waals surface area (Å²) >= 11 is 0. The van der Waals surface area contributed by atoms with Gasteiger partial charge in [0.15, 0.2) is 0 Å². The van der Waals surface area contributed by atoms with Crippen LogP contribution in [0, 0.1) is 6.92 Å². The summed E-state index contributed by atoms with van der Waals surface area (Å²) in [5, 5.41) is 3.34. The Labute approximate surface area is 109 Å². The third kappa shape index (κ3) is 2.91. The number of nitrogens with one attached hydrogen (secondary N) is 1. The lowest BCUT2D eigenvalue weighted by Crippen LogP contribution is -2.60. The zero-order chi connectivity index (χ0) is 13.2. The first-order chi connectivity index (χ1) is 8.49. The van der Waals surface area contributed by atoms with Gasteiger partial charge in [-0.3, -0.25) is 4.79 Å². The van der Waals surface area contributed by atoms with Crippen molar-refractivity contribution in [1.29, 1.82) is 0 Å². The molecular formula is C15H22N2O. The molecule has 1 aromatic rings. The monoisotopic (exact) mass is 246 g/mol. The van der Waals surface area contributed by atoms with Crippen LogP contribution in [0.1, 0.15) is 25.0 Å². The van der Waals surface area contributed by atoms with Crippen LogP contribution in [-0.2, 0) is 11.2 Å². The number of aryl methyl sites for hydroxylation is 1. The molecule has 0 aliphatic carbocycles. The van der Waals surface area contributed by atoms with Crippen LogP contribution < -0.4 is 5.32 Å². The van der Waals surface area contributed by atoms with E-state index < -0.39 is 0 Å². The van der Waals surface area contributed by atoms with Crippen LogP contribution in [0.2, 0.25) is 0 Å². The molecule has 1 aliphatic rings. The normalized spacial score (nSPS) is 18.7. The highest BCUT2D eigenvalue weighted by Crippen LogP contribution is 2.18. The number of hydrogen-bond acceptors (Lipinski definition) is 2. The SMILES string of the molecule is Cc1ccc(CC(=O)N2CCNCC2(C)C)cc1. The van der Waals surface area contributed by atoms with Gasteiger partial charge in [-0.25, -0.2) is 0 Å². The maximum absolute atomic E-state index is 12.4. The number of carbonyl (C=O) groups excluding carboxylic acids is 1. The highest BCUT2D eigenvalue weighted by molar-refractivity contribution is 5.79. The number of nitrogens with zero attached hydrogens (tertiary/aromatic N) is 1. The lowest BCUT2D eigenvalue weighted by molar-refractivity contribution is -0.136. The average Bonchev–Trinajstić information content (AvgIpc) is 2.31. The summed E-state index contributed by atoms with van der Waals surface area (Å²) in [4.78, 5) is 14.4. The summed E-state index contributed by atoms with van der Waals surface area (Å²) in [6, 6.07) is 8.21. The Balaban J connectivity index is 2.05. The molecule has 3 nitrogen and oxygen atoms in total. The van der Waals surface area contributed by atoms with Gasteiger partial charge in [0.25, 0.3) is 0 Å². The van der Waals surface area contributed by atoms with Crippen molar-refractivity contribution in [3.8, 4) is 0 Å². The van der Waals surface area contributed by atoms with Crippen molar-refractivity contribution in [3.05, 3.63) is 35.4 Å². The second-order valence-electron chi connectivity index (χ2n) is 5.70. The molecule has 0 radical (unpaired) electrons. The average molecular weight is 246 g/mol. The molecule has 0 saturated carbocycles. The fraction of sp³-hybridized carbons (Fsp3) is 0.533. The van der Waals surface area contributed by atoms with E-state index in [1.54, 1.807) is 0 Å². The summed E-state index contributed by atoms with van der Waals surface area (Å²) in [5.41, 5.74) is 2.24. The predicted octanol–water partition coefficient (Wildman–Crippen LogP) is 1.75. The Morgan fingerprint density at radius 1 is 1.33 bits per heavy atom. The van der Waals surface area contributed by atoms with Gasteiger partial charge in [-0.05, 0) is 26.3 Å². The first kappa shape index (κ1) is 13.1. The van der Waals surface area contributed by atoms with Crippen molar-refractivity contribution in [2.75, 3.05) is 19.6 Å². The van der Waals surface area contributed by atoms with Crippen LogP contribution in [0.4, 0.5) is 0 Å². The molecule has 1 amide bonds. The van der Waals surface area contributed by atoms with Gasteiger partial charge in [-0.1, -0.05) is 29.8 Å². The molecule has 1 aromatic carbocycles. The van der Waals surface area contributed by atoms with Gasteiger partial charge < -0.3 is 10.2 Å². The maximum Gasteiger partial charge on any atom is 0.227 e. The minimum absolute atomic E-state index is 0.0833. The van der Waals surface area contributed by atoms with Crippen LogP contribution >= 0.6 is 0 Å². The second kappa shape index (κ2) is 5.11. The van der Waals surface area contributed by atoms with Crippen LogP contribution in [0.25, 0.3) is 0 Å². The van der Waals surface area contributed by atoms with Gasteiger partial charge in [-0.15, -0.1) is 0 Å². The Morgan fingerprint density at radius 2 is 2.00 bits per heavy atom. The minimum atomic E-state index is -0.0833. The van der Waals surface area contributed by atoms with Crippen LogP contribution in [-0.4, -0.2) is 36.0 Å². The molecular weight excluding hydrogens is 224 g/mol. The van der Waals surface area contributed by atoms with Gasteiger partial charge in [0.05, 0.1) is 6.42 Å². The number of hydrogen-bond donors (Lipinski definition) is 1. The lowest BCUT2D eigenvalue weighted by atomic mass is 9.98. The molecule has 1 heterocycles. The number of benzene rings is 1. The van der Waals surface area contributed by atoms with E-state index >= 15 is 0 Å². The van der Waals surface area contributed by atoms with E-state index in [0.29, 0.717) is 6.42 Å². The molecule has 3 heteroatoms. The van der Waals surface area contributed by atoms with Crippen molar-refractivity contribution < 1.29 is 4.79 Å². The van der Waals surface area contributed by atoms with Crippen LogP contribution in [0.15, 0.2) is 24.3 Å². The van der Waals surface area contributed by atoms with Crippen LogP contribution in [0.3, 0.4) is 0 Å². The number of amides is 1. The Bertz CT molecular complexity index is 423. The number of carbonyl (C=O) groups is 1. The van der Waals surface area contributed by atoms with E-state index in [1.807, 2.05) is 17.0 Å². The molecule has 2 rings (SSSR count). The third-order valence-corrected chi connectivity index (χ3v) is 3.58. The zero-order valence-electron chi connectivity index (χ0n) is 11.5. The smallest absolute Gasteiger partial charge is 0.227 e. The van der Waals surface area contributed by atoms with E-state index in [1.165, 1.54) is 5.56 Å². The molecule has 0 atom stereocenters. The third-order valence-electron chi connectivity index (χ3n) is 3.58. The number of piperazine rings is 1. The standard InChI is InChI=1S/C15H22N2O/c1-12-4-6-13(7-5-12)10-14(18)17-9-8-16-11-15(17,2)3/h4-7,16H,8-11H2,1-3H3. The number of rotatable bonds is 2. The zero-order valence-corrected chi connectivity index (χ0v) is 11.5. The summed E-state index contributed by atoms with van der Waals surface area (Å²) in [6.07, 6.45) is 0.504. The minimum Gasteiger partial charge on any atom is -0.335 e. The molecule has 0 bridgehead atoms. The summed E-state index contributed by atoms with van der Waals surface area (Å²) in [7, 11) is 0. The molecule has 18 heavy (non-hydrogen) atoms. The van der Waals surface area contributed by atoms with Gasteiger partial charge in [0.1, 0.15) is 0 Å². The quantitative estimate of drug-likeness (QED) is 0.862. The van der Waals surface area contributed by atoms with Crippen molar-refractivity contribution in [1.82, 2.24) is 10.2 Å². The van der Waals surface area contributed by atoms with Crippen molar-refractivity contribution >= 4 is 5.91 Å². The van der Waals surface area contributed by atoms with E-state index in [9.17, 15) is 4.79 Å². The molecule has 1 aliphatic heterocycles. The Morgan fingerprint density at radius 3 is 2.61 bits per heavy atom. The first-order valence-electron chi connectivity index (χ1n) is 6.56. The van der Waals surface area contributed by atoms with E-state index in [0.717, 1.165) is 25.2 Å². The maximum atomic E-state index is 12.4. The molecule has 0 unspecified atom stereocenters. The first-order valence-corrected chi connectivity index (χ1v) is 6.56. The van der Waals surface area contributed by atoms with Crippen LogP contribution in [0.5, 0.6) is 0 Å². The highest BCUT2D eigenvalue weighted by Gasteiger charge is 2.32. The topological polar surface area (TPSA) is 32.3 Å². The molecule has 1 saturated heterocycles. The van der Waals surface area contributed by atoms with Gasteiger partial charge in [0, 0.05) is 25.2 Å².